The van der Waals surface area contributed by atoms with Gasteiger partial charge in [-0.25, -0.2) is 4.79 Å². The predicted molar refractivity (Wildman–Crippen MR) is 126 cm³/mol. The zero-order valence-electron chi connectivity index (χ0n) is 19.0. The molecule has 1 heterocycles. The smallest absolute Gasteiger partial charge is 0.280 e. The lowest BCUT2D eigenvalue weighted by Crippen LogP contribution is -2.42. The number of aromatic nitrogens is 4. The molecule has 0 radical (unpaired) electrons. The van der Waals surface area contributed by atoms with Crippen LogP contribution in [-0.2, 0) is 6.54 Å². The van der Waals surface area contributed by atoms with Crippen LogP contribution in [0.3, 0.4) is 0 Å². The molecule has 0 spiro atoms. The van der Waals surface area contributed by atoms with Gasteiger partial charge in [0.25, 0.3) is 5.95 Å². The van der Waals surface area contributed by atoms with Gasteiger partial charge in [0.1, 0.15) is 0 Å². The van der Waals surface area contributed by atoms with E-state index in [9.17, 15) is 4.79 Å². The first-order chi connectivity index (χ1) is 14.3. The first-order valence-electron chi connectivity index (χ1n) is 10.9. The van der Waals surface area contributed by atoms with Gasteiger partial charge in [0, 0.05) is 0 Å². The second-order valence-corrected chi connectivity index (χ2v) is 9.24. The van der Waals surface area contributed by atoms with E-state index >= 15 is 0 Å². The lowest BCUT2D eigenvalue weighted by Gasteiger charge is -2.33. The topological polar surface area (TPSA) is 75.9 Å². The number of benzene rings is 1. The molecule has 1 N–H and O–H groups in total. The van der Waals surface area contributed by atoms with Crippen molar-refractivity contribution in [1.29, 1.82) is 0 Å². The molecule has 0 aliphatic rings. The molecule has 0 fully saturated rings. The number of tetrazole rings is 1. The van der Waals surface area contributed by atoms with Gasteiger partial charge in [-0.15, -0.1) is 5.10 Å². The maximum absolute atomic E-state index is 13.5. The lowest BCUT2D eigenvalue weighted by molar-refractivity contribution is 0.256. The average molecular weight is 479 g/mol. The molecule has 0 saturated heterocycles. The number of hydrogen-bond acceptors (Lipinski definition) is 4. The van der Waals surface area contributed by atoms with Gasteiger partial charge in [-0.1, -0.05) is 93.6 Å². The Morgan fingerprint density at radius 3 is 2.30 bits per heavy atom. The van der Waals surface area contributed by atoms with Crippen LogP contribution in [0.1, 0.15) is 90.2 Å². The molecule has 1 atom stereocenters. The molecule has 166 valence electrons. The highest BCUT2D eigenvalue weighted by atomic mass is 79.9. The predicted octanol–water partition coefficient (Wildman–Crippen LogP) is 6.28. The summed E-state index contributed by atoms with van der Waals surface area (Å²) in [6.07, 6.45) is 3.79. The summed E-state index contributed by atoms with van der Waals surface area (Å²) in [5, 5.41) is 15.2. The number of halogens is 1. The van der Waals surface area contributed by atoms with E-state index in [4.69, 9.17) is 0 Å². The van der Waals surface area contributed by atoms with Crippen molar-refractivity contribution in [2.75, 3.05) is 10.2 Å². The summed E-state index contributed by atoms with van der Waals surface area (Å²) >= 11 is 3.76. The summed E-state index contributed by atoms with van der Waals surface area (Å²) < 4.78 is 0. The highest BCUT2D eigenvalue weighted by molar-refractivity contribution is 9.09. The lowest BCUT2D eigenvalue weighted by atomic mass is 9.92. The largest absolute Gasteiger partial charge is 0.329 e. The summed E-state index contributed by atoms with van der Waals surface area (Å²) in [7, 11) is 0. The number of nitrogens with zero attached hydrogens (tertiary/aromatic N) is 5. The summed E-state index contributed by atoms with van der Waals surface area (Å²) in [6, 6.07) is 6.04. The van der Waals surface area contributed by atoms with Gasteiger partial charge in [0.05, 0.1) is 17.2 Å². The van der Waals surface area contributed by atoms with E-state index in [-0.39, 0.29) is 28.8 Å². The van der Waals surface area contributed by atoms with E-state index in [0.717, 1.165) is 42.5 Å². The van der Waals surface area contributed by atoms with Crippen LogP contribution < -0.4 is 10.2 Å². The van der Waals surface area contributed by atoms with Gasteiger partial charge in [0.15, 0.2) is 0 Å². The molecule has 0 bridgehead atoms. The van der Waals surface area contributed by atoms with Crippen LogP contribution in [0.15, 0.2) is 18.2 Å². The Labute approximate surface area is 188 Å². The van der Waals surface area contributed by atoms with Crippen molar-refractivity contribution in [2.24, 2.45) is 0 Å². The van der Waals surface area contributed by atoms with Gasteiger partial charge >= 0.3 is 6.03 Å². The SMILES string of the molecule is CCCCn1nnc(NC(=O)N(c2c(C(C)C)cccc2C(C)C)C(Br)CCC)n1. The Bertz CT molecular complexity index is 793. The van der Waals surface area contributed by atoms with Crippen molar-refractivity contribution < 1.29 is 4.79 Å². The quantitative estimate of drug-likeness (QED) is 0.321. The maximum Gasteiger partial charge on any atom is 0.329 e. The molecule has 30 heavy (non-hydrogen) atoms. The summed E-state index contributed by atoms with van der Waals surface area (Å²) in [6.45, 7) is 13.5. The van der Waals surface area contributed by atoms with Crippen LogP contribution in [-0.4, -0.2) is 31.2 Å². The van der Waals surface area contributed by atoms with Crippen LogP contribution in [0.5, 0.6) is 0 Å². The minimum absolute atomic E-state index is 0.143. The van der Waals surface area contributed by atoms with E-state index in [1.54, 1.807) is 0 Å². The third kappa shape index (κ3) is 6.03. The Kier molecular flexibility index (Phi) is 9.27. The number of carbonyl (C=O) groups is 1. The van der Waals surface area contributed by atoms with Crippen LogP contribution in [0.4, 0.5) is 16.4 Å². The van der Waals surface area contributed by atoms with Crippen LogP contribution >= 0.6 is 15.9 Å². The second-order valence-electron chi connectivity index (χ2n) is 8.18. The van der Waals surface area contributed by atoms with E-state index in [1.807, 2.05) is 4.90 Å². The number of anilines is 2. The van der Waals surface area contributed by atoms with Crippen molar-refractivity contribution in [2.45, 2.75) is 90.6 Å². The summed E-state index contributed by atoms with van der Waals surface area (Å²) in [5.41, 5.74) is 3.27. The Balaban J connectivity index is 2.44. The van der Waals surface area contributed by atoms with Crippen LogP contribution in [0, 0.1) is 0 Å². The van der Waals surface area contributed by atoms with Crippen LogP contribution in [0.2, 0.25) is 0 Å². The van der Waals surface area contributed by atoms with Gasteiger partial charge in [0.2, 0.25) is 0 Å². The number of rotatable bonds is 10. The highest BCUT2D eigenvalue weighted by Gasteiger charge is 2.29. The number of hydrogen-bond donors (Lipinski definition) is 1. The normalized spacial score (nSPS) is 12.4. The number of unbranched alkanes of at least 4 members (excludes halogenated alkanes) is 1. The van der Waals surface area contributed by atoms with E-state index in [1.165, 1.54) is 4.80 Å². The van der Waals surface area contributed by atoms with Crippen molar-refractivity contribution in [1.82, 2.24) is 20.2 Å². The second kappa shape index (κ2) is 11.4. The molecule has 2 aromatic rings. The molecule has 0 aliphatic heterocycles. The van der Waals surface area contributed by atoms with E-state index in [2.05, 4.69) is 96.4 Å². The zero-order valence-corrected chi connectivity index (χ0v) is 20.6. The number of amides is 2. The monoisotopic (exact) mass is 478 g/mol. The molecular weight excluding hydrogens is 444 g/mol. The van der Waals surface area contributed by atoms with Gasteiger partial charge in [-0.3, -0.25) is 10.2 Å². The standard InChI is InChI=1S/C22H35BrN6O/c1-7-9-14-28-26-21(25-27-28)24-22(30)29(19(23)11-8-2)20-17(15(3)4)12-10-13-18(20)16(5)6/h10,12-13,15-16,19H,7-9,11,14H2,1-6H3,(H,24,26,30). The Hall–Kier alpha value is -1.96. The molecule has 8 heteroatoms. The third-order valence-corrected chi connectivity index (χ3v) is 5.86. The molecule has 1 unspecified atom stereocenters. The van der Waals surface area contributed by atoms with E-state index in [0.29, 0.717) is 6.54 Å². The number of aryl methyl sites for hydroxylation is 1. The fraction of sp³-hybridized carbons (Fsp3) is 0.636. The highest BCUT2D eigenvalue weighted by Crippen LogP contribution is 2.38. The molecule has 1 aromatic carbocycles. The molecule has 0 saturated carbocycles. The summed E-state index contributed by atoms with van der Waals surface area (Å²) in [4.78, 5) is 16.7. The number of urea groups is 1. The number of carbonyl (C=O) groups excluding carboxylic acids is 1. The average Bonchev–Trinajstić information content (AvgIpc) is 3.13. The van der Waals surface area contributed by atoms with Gasteiger partial charge < -0.3 is 0 Å². The molecule has 0 aliphatic carbocycles. The molecular formula is C22H35BrN6O. The molecule has 2 amide bonds. The number of nitrogens with one attached hydrogen (secondary N) is 1. The van der Waals surface area contributed by atoms with Crippen LogP contribution in [0.25, 0.3) is 0 Å². The zero-order chi connectivity index (χ0) is 22.3. The summed E-state index contributed by atoms with van der Waals surface area (Å²) in [5.74, 6) is 0.789. The molecule has 1 aromatic heterocycles. The Morgan fingerprint density at radius 2 is 1.77 bits per heavy atom. The first-order valence-corrected chi connectivity index (χ1v) is 11.9. The molecule has 2 rings (SSSR count). The Morgan fingerprint density at radius 1 is 1.13 bits per heavy atom. The van der Waals surface area contributed by atoms with Crippen molar-refractivity contribution in [3.8, 4) is 0 Å². The fourth-order valence-electron chi connectivity index (χ4n) is 3.37. The van der Waals surface area contributed by atoms with Crippen molar-refractivity contribution in [3.05, 3.63) is 29.3 Å². The maximum atomic E-state index is 13.5. The molecule has 7 nitrogen and oxygen atoms in total. The van der Waals surface area contributed by atoms with Gasteiger partial charge in [-0.2, -0.15) is 4.80 Å². The van der Waals surface area contributed by atoms with Crippen molar-refractivity contribution in [3.63, 3.8) is 0 Å². The van der Waals surface area contributed by atoms with Gasteiger partial charge in [-0.05, 0) is 41.0 Å². The third-order valence-electron chi connectivity index (χ3n) is 4.99. The van der Waals surface area contributed by atoms with Crippen molar-refractivity contribution >= 4 is 33.6 Å². The fourth-order valence-corrected chi connectivity index (χ4v) is 4.22. The minimum Gasteiger partial charge on any atom is -0.280 e. The van der Waals surface area contributed by atoms with E-state index < -0.39 is 0 Å². The first kappa shape index (κ1) is 24.3. The minimum atomic E-state index is -0.254. The number of alkyl halides is 1. The number of para-hydroxylation sites is 1.